The van der Waals surface area contributed by atoms with Crippen LogP contribution in [0.25, 0.3) is 16.9 Å². The minimum absolute atomic E-state index is 0.863. The van der Waals surface area contributed by atoms with Crippen molar-refractivity contribution in [2.75, 3.05) is 0 Å². The van der Waals surface area contributed by atoms with Crippen LogP contribution in [-0.2, 0) is 0 Å². The molecule has 0 atom stereocenters. The molecular weight excluding hydrogens is 178 g/mol. The molecule has 0 aliphatic heterocycles. The topological polar surface area (TPSA) is 58.9 Å². The molecule has 0 saturated heterocycles. The molecule has 3 aromatic heterocycles. The van der Waals surface area contributed by atoms with E-state index in [-0.39, 0.29) is 0 Å². The van der Waals surface area contributed by atoms with Crippen molar-refractivity contribution in [3.05, 3.63) is 36.9 Å². The first-order valence-corrected chi connectivity index (χ1v) is 4.23. The fraction of sp³-hybridized carbons (Fsp3) is 0. The van der Waals surface area contributed by atoms with Crippen molar-refractivity contribution in [1.82, 2.24) is 24.8 Å². The summed E-state index contributed by atoms with van der Waals surface area (Å²) >= 11 is 0. The van der Waals surface area contributed by atoms with E-state index in [0.29, 0.717) is 0 Å². The number of hydrogen-bond donors (Lipinski definition) is 1. The van der Waals surface area contributed by atoms with Crippen LogP contribution in [0.4, 0.5) is 0 Å². The van der Waals surface area contributed by atoms with E-state index in [0.717, 1.165) is 16.9 Å². The Bertz CT molecular complexity index is 551. The molecule has 0 bridgehead atoms. The molecule has 0 aliphatic carbocycles. The molecular formula is C9H7N5. The lowest BCUT2D eigenvalue weighted by Crippen LogP contribution is -1.91. The molecule has 0 aliphatic rings. The van der Waals surface area contributed by atoms with Crippen LogP contribution in [0.15, 0.2) is 36.9 Å². The van der Waals surface area contributed by atoms with Crippen LogP contribution in [0, 0.1) is 0 Å². The van der Waals surface area contributed by atoms with Gasteiger partial charge in [-0.2, -0.15) is 10.2 Å². The molecule has 5 heteroatoms. The maximum atomic E-state index is 4.29. The average molecular weight is 185 g/mol. The van der Waals surface area contributed by atoms with Crippen molar-refractivity contribution < 1.29 is 0 Å². The third-order valence-corrected chi connectivity index (χ3v) is 2.08. The van der Waals surface area contributed by atoms with Gasteiger partial charge in [0.15, 0.2) is 0 Å². The zero-order valence-electron chi connectivity index (χ0n) is 7.25. The van der Waals surface area contributed by atoms with E-state index in [9.17, 15) is 0 Å². The Morgan fingerprint density at radius 1 is 1.14 bits per heavy atom. The second-order valence-corrected chi connectivity index (χ2v) is 2.91. The van der Waals surface area contributed by atoms with Crippen LogP contribution >= 0.6 is 0 Å². The maximum absolute atomic E-state index is 4.29. The number of aromatic nitrogens is 5. The molecule has 0 amide bonds. The minimum atomic E-state index is 0.863. The van der Waals surface area contributed by atoms with Gasteiger partial charge < -0.3 is 0 Å². The Kier molecular flexibility index (Phi) is 1.38. The Morgan fingerprint density at radius 2 is 2.14 bits per heavy atom. The first-order valence-electron chi connectivity index (χ1n) is 4.23. The molecule has 0 saturated carbocycles. The van der Waals surface area contributed by atoms with Gasteiger partial charge in [0.2, 0.25) is 0 Å². The van der Waals surface area contributed by atoms with E-state index in [2.05, 4.69) is 20.3 Å². The Morgan fingerprint density at radius 3 is 3.00 bits per heavy atom. The van der Waals surface area contributed by atoms with Crippen molar-refractivity contribution >= 4 is 5.52 Å². The summed E-state index contributed by atoms with van der Waals surface area (Å²) in [6.45, 7) is 0. The van der Waals surface area contributed by atoms with Gasteiger partial charge in [-0.3, -0.25) is 10.1 Å². The van der Waals surface area contributed by atoms with Crippen LogP contribution in [0.2, 0.25) is 0 Å². The van der Waals surface area contributed by atoms with E-state index < -0.39 is 0 Å². The van der Waals surface area contributed by atoms with Crippen molar-refractivity contribution in [2.24, 2.45) is 0 Å². The Balaban J connectivity index is 2.36. The van der Waals surface area contributed by atoms with E-state index in [4.69, 9.17) is 0 Å². The van der Waals surface area contributed by atoms with Gasteiger partial charge in [-0.25, -0.2) is 4.52 Å². The maximum Gasteiger partial charge on any atom is 0.114 e. The molecule has 3 rings (SSSR count). The standard InChI is InChI=1S/C9H7N5/c1-3-11-13-7(1)9-8-2-4-12-14(8)6-5-10-9/h1-6H,(H,11,13). The third-order valence-electron chi connectivity index (χ3n) is 2.08. The van der Waals surface area contributed by atoms with Crippen molar-refractivity contribution in [1.29, 1.82) is 0 Å². The largest absolute Gasteiger partial charge is 0.276 e. The summed E-state index contributed by atoms with van der Waals surface area (Å²) in [4.78, 5) is 4.29. The lowest BCUT2D eigenvalue weighted by Gasteiger charge is -1.98. The minimum Gasteiger partial charge on any atom is -0.276 e. The van der Waals surface area contributed by atoms with Gasteiger partial charge in [0.05, 0.1) is 17.4 Å². The van der Waals surface area contributed by atoms with Crippen LogP contribution in [0.5, 0.6) is 0 Å². The second kappa shape index (κ2) is 2.66. The normalized spacial score (nSPS) is 10.9. The lowest BCUT2D eigenvalue weighted by atomic mass is 10.3. The molecule has 3 heterocycles. The quantitative estimate of drug-likeness (QED) is 0.618. The SMILES string of the molecule is c1cc(-c2nccn3nccc23)[nH]n1. The summed E-state index contributed by atoms with van der Waals surface area (Å²) in [6.07, 6.45) is 6.99. The van der Waals surface area contributed by atoms with Crippen LogP contribution in [0.1, 0.15) is 0 Å². The predicted molar refractivity (Wildman–Crippen MR) is 50.6 cm³/mol. The monoisotopic (exact) mass is 185 g/mol. The number of hydrogen-bond acceptors (Lipinski definition) is 3. The smallest absolute Gasteiger partial charge is 0.114 e. The first-order chi connectivity index (χ1) is 6.95. The molecule has 0 fully saturated rings. The van der Waals surface area contributed by atoms with Gasteiger partial charge in [-0.05, 0) is 12.1 Å². The van der Waals surface area contributed by atoms with Crippen molar-refractivity contribution in [3.8, 4) is 11.4 Å². The van der Waals surface area contributed by atoms with Crippen LogP contribution in [-0.4, -0.2) is 24.8 Å². The molecule has 0 radical (unpaired) electrons. The highest BCUT2D eigenvalue weighted by Crippen LogP contribution is 2.18. The highest BCUT2D eigenvalue weighted by atomic mass is 15.2. The summed E-state index contributed by atoms with van der Waals surface area (Å²) in [5.41, 5.74) is 2.73. The molecule has 3 aromatic rings. The summed E-state index contributed by atoms with van der Waals surface area (Å²) in [7, 11) is 0. The van der Waals surface area contributed by atoms with E-state index in [1.54, 1.807) is 23.1 Å². The Hall–Kier alpha value is -2.17. The number of rotatable bonds is 1. The summed E-state index contributed by atoms with van der Waals surface area (Å²) in [5, 5.41) is 10.9. The molecule has 0 unspecified atom stereocenters. The molecule has 0 spiro atoms. The van der Waals surface area contributed by atoms with Gasteiger partial charge in [0.1, 0.15) is 5.69 Å². The predicted octanol–water partition coefficient (Wildman–Crippen LogP) is 1.12. The van der Waals surface area contributed by atoms with Gasteiger partial charge in [0.25, 0.3) is 0 Å². The Labute approximate surface area is 79.4 Å². The van der Waals surface area contributed by atoms with Gasteiger partial charge in [0, 0.05) is 18.6 Å². The number of fused-ring (bicyclic) bond motifs is 1. The number of H-pyrrole nitrogens is 1. The molecule has 0 aromatic carbocycles. The fourth-order valence-corrected chi connectivity index (χ4v) is 1.45. The van der Waals surface area contributed by atoms with Gasteiger partial charge in [-0.15, -0.1) is 0 Å². The third kappa shape index (κ3) is 0.922. The van der Waals surface area contributed by atoms with Crippen molar-refractivity contribution in [2.45, 2.75) is 0 Å². The summed E-state index contributed by atoms with van der Waals surface area (Å²) in [5.74, 6) is 0. The molecule has 14 heavy (non-hydrogen) atoms. The zero-order valence-corrected chi connectivity index (χ0v) is 7.25. The van der Waals surface area contributed by atoms with Gasteiger partial charge in [-0.1, -0.05) is 0 Å². The van der Waals surface area contributed by atoms with Crippen LogP contribution in [0.3, 0.4) is 0 Å². The number of nitrogens with one attached hydrogen (secondary N) is 1. The highest BCUT2D eigenvalue weighted by molar-refractivity contribution is 5.73. The molecule has 68 valence electrons. The molecule has 5 nitrogen and oxygen atoms in total. The first kappa shape index (κ1) is 7.25. The highest BCUT2D eigenvalue weighted by Gasteiger charge is 2.05. The van der Waals surface area contributed by atoms with E-state index >= 15 is 0 Å². The second-order valence-electron chi connectivity index (χ2n) is 2.91. The summed E-state index contributed by atoms with van der Waals surface area (Å²) in [6, 6.07) is 3.80. The zero-order chi connectivity index (χ0) is 9.38. The van der Waals surface area contributed by atoms with E-state index in [1.165, 1.54) is 0 Å². The number of aromatic amines is 1. The fourth-order valence-electron chi connectivity index (χ4n) is 1.45. The lowest BCUT2D eigenvalue weighted by molar-refractivity contribution is 0.945. The average Bonchev–Trinajstić information content (AvgIpc) is 2.88. The number of nitrogens with zero attached hydrogens (tertiary/aromatic N) is 4. The molecule has 1 N–H and O–H groups in total. The van der Waals surface area contributed by atoms with E-state index in [1.807, 2.05) is 18.3 Å². The summed E-state index contributed by atoms with van der Waals surface area (Å²) < 4.78 is 1.78. The van der Waals surface area contributed by atoms with Crippen LogP contribution < -0.4 is 0 Å². The van der Waals surface area contributed by atoms with Gasteiger partial charge >= 0.3 is 0 Å². The van der Waals surface area contributed by atoms with Crippen molar-refractivity contribution in [3.63, 3.8) is 0 Å².